The van der Waals surface area contributed by atoms with E-state index in [1.807, 2.05) is 13.8 Å². The van der Waals surface area contributed by atoms with Crippen LogP contribution in [0, 0.1) is 25.6 Å². The molecule has 7 heteroatoms. The topological polar surface area (TPSA) is 61.0 Å². The smallest absolute Gasteiger partial charge is 0.317 e. The molecule has 0 bridgehead atoms. The van der Waals surface area contributed by atoms with Crippen molar-refractivity contribution in [3.63, 3.8) is 0 Å². The predicted molar refractivity (Wildman–Crippen MR) is 94.8 cm³/mol. The Bertz CT molecular complexity index is 749. The lowest BCUT2D eigenvalue weighted by atomic mass is 9.88. The first kappa shape index (κ1) is 18.4. The van der Waals surface area contributed by atoms with Crippen LogP contribution in [0.1, 0.15) is 41.5 Å². The molecule has 0 saturated carbocycles. The molecular weight excluding hydrogens is 338 g/mol. The van der Waals surface area contributed by atoms with E-state index in [4.69, 9.17) is 0 Å². The first-order valence-electron chi connectivity index (χ1n) is 8.89. The first-order chi connectivity index (χ1) is 12.5. The average Bonchev–Trinajstić information content (AvgIpc) is 2.97. The number of hydrogen-bond donors (Lipinski definition) is 2. The van der Waals surface area contributed by atoms with E-state index < -0.39 is 12.0 Å². The Kier molecular flexibility index (Phi) is 5.54. The second-order valence-corrected chi connectivity index (χ2v) is 6.82. The Morgan fingerprint density at radius 1 is 1.35 bits per heavy atom. The van der Waals surface area contributed by atoms with Gasteiger partial charge < -0.3 is 10.2 Å². The van der Waals surface area contributed by atoms with E-state index in [0.717, 1.165) is 17.0 Å². The largest absolute Gasteiger partial charge is 0.334 e. The van der Waals surface area contributed by atoms with Crippen LogP contribution in [0.4, 0.5) is 13.6 Å². The van der Waals surface area contributed by atoms with Crippen molar-refractivity contribution in [2.45, 2.75) is 39.4 Å². The van der Waals surface area contributed by atoms with Crippen molar-refractivity contribution in [2.24, 2.45) is 5.92 Å². The summed E-state index contributed by atoms with van der Waals surface area (Å²) in [4.78, 5) is 14.0. The van der Waals surface area contributed by atoms with E-state index in [-0.39, 0.29) is 17.5 Å². The maximum absolute atomic E-state index is 14.7. The van der Waals surface area contributed by atoms with Gasteiger partial charge in [0.15, 0.2) is 0 Å². The van der Waals surface area contributed by atoms with E-state index in [1.165, 1.54) is 12.1 Å². The lowest BCUT2D eigenvalue weighted by Crippen LogP contribution is -2.44. The number of aromatic nitrogens is 2. The Morgan fingerprint density at radius 2 is 2.04 bits per heavy atom. The molecule has 26 heavy (non-hydrogen) atoms. The molecule has 3 rings (SSSR count). The number of alkyl halides is 1. The number of carbonyl (C=O) groups excluding carboxylic acids is 1. The number of rotatable bonds is 4. The number of urea groups is 1. The van der Waals surface area contributed by atoms with Crippen LogP contribution in [-0.4, -0.2) is 34.2 Å². The van der Waals surface area contributed by atoms with E-state index in [0.29, 0.717) is 32.5 Å². The fourth-order valence-corrected chi connectivity index (χ4v) is 3.46. The van der Waals surface area contributed by atoms with Gasteiger partial charge in [0, 0.05) is 36.5 Å². The zero-order chi connectivity index (χ0) is 18.7. The van der Waals surface area contributed by atoms with Crippen LogP contribution in [0.25, 0.3) is 0 Å². The van der Waals surface area contributed by atoms with Gasteiger partial charge in [-0.1, -0.05) is 18.2 Å². The molecule has 1 aromatic heterocycles. The number of amides is 2. The Labute approximate surface area is 151 Å². The van der Waals surface area contributed by atoms with Gasteiger partial charge in [-0.05, 0) is 38.7 Å². The number of carbonyl (C=O) groups is 1. The zero-order valence-corrected chi connectivity index (χ0v) is 15.1. The molecule has 1 fully saturated rings. The molecule has 2 N–H and O–H groups in total. The van der Waals surface area contributed by atoms with Gasteiger partial charge in [0.05, 0.1) is 5.69 Å². The third-order valence-corrected chi connectivity index (χ3v) is 5.14. The summed E-state index contributed by atoms with van der Waals surface area (Å²) in [7, 11) is 0. The van der Waals surface area contributed by atoms with Crippen LogP contribution in [0.2, 0.25) is 0 Å². The van der Waals surface area contributed by atoms with Crippen LogP contribution in [0.5, 0.6) is 0 Å². The molecule has 0 radical (unpaired) electrons. The monoisotopic (exact) mass is 362 g/mol. The third kappa shape index (κ3) is 3.86. The number of halogens is 2. The standard InChI is InChI=1S/C19H24F2N4O/c1-12-16(13(2)24-23-12)11-22-19(26)25-9-7-14(8-10-25)18(21)15-5-3-4-6-17(15)20/h3-6,14,18H,7-11H2,1-2H3,(H,22,26)(H,23,24). The van der Waals surface area contributed by atoms with Gasteiger partial charge in [-0.15, -0.1) is 0 Å². The number of H-pyrrole nitrogens is 1. The van der Waals surface area contributed by atoms with Gasteiger partial charge in [-0.3, -0.25) is 5.10 Å². The lowest BCUT2D eigenvalue weighted by Gasteiger charge is -2.33. The summed E-state index contributed by atoms with van der Waals surface area (Å²) >= 11 is 0. The molecule has 2 amide bonds. The summed E-state index contributed by atoms with van der Waals surface area (Å²) in [5.41, 5.74) is 2.90. The number of aryl methyl sites for hydroxylation is 2. The van der Waals surface area contributed by atoms with Crippen molar-refractivity contribution >= 4 is 6.03 Å². The van der Waals surface area contributed by atoms with Crippen LogP contribution >= 0.6 is 0 Å². The molecule has 1 aliphatic rings. The van der Waals surface area contributed by atoms with Gasteiger partial charge in [0.1, 0.15) is 12.0 Å². The fourth-order valence-electron chi connectivity index (χ4n) is 3.46. The minimum absolute atomic E-state index is 0.112. The fraction of sp³-hybridized carbons (Fsp3) is 0.474. The van der Waals surface area contributed by atoms with Crippen molar-refractivity contribution in [1.29, 1.82) is 0 Å². The summed E-state index contributed by atoms with van der Waals surface area (Å²) in [5, 5.41) is 9.90. The summed E-state index contributed by atoms with van der Waals surface area (Å²) in [6, 6.07) is 5.82. The van der Waals surface area contributed by atoms with E-state index in [2.05, 4.69) is 15.5 Å². The zero-order valence-electron chi connectivity index (χ0n) is 15.1. The molecule has 140 valence electrons. The maximum Gasteiger partial charge on any atom is 0.317 e. The minimum Gasteiger partial charge on any atom is -0.334 e. The number of likely N-dealkylation sites (tertiary alicyclic amines) is 1. The van der Waals surface area contributed by atoms with Crippen LogP contribution < -0.4 is 5.32 Å². The van der Waals surface area contributed by atoms with Crippen molar-refractivity contribution in [2.75, 3.05) is 13.1 Å². The highest BCUT2D eigenvalue weighted by Gasteiger charge is 2.30. The summed E-state index contributed by atoms with van der Waals surface area (Å²) in [5.74, 6) is -0.777. The highest BCUT2D eigenvalue weighted by Crippen LogP contribution is 2.35. The van der Waals surface area contributed by atoms with Gasteiger partial charge in [0.2, 0.25) is 0 Å². The van der Waals surface area contributed by atoms with Gasteiger partial charge in [0.25, 0.3) is 0 Å². The average molecular weight is 362 g/mol. The lowest BCUT2D eigenvalue weighted by molar-refractivity contribution is 0.126. The molecule has 0 spiro atoms. The van der Waals surface area contributed by atoms with Gasteiger partial charge >= 0.3 is 6.03 Å². The van der Waals surface area contributed by atoms with Crippen LogP contribution in [0.15, 0.2) is 24.3 Å². The quantitative estimate of drug-likeness (QED) is 0.869. The van der Waals surface area contributed by atoms with Gasteiger partial charge in [-0.25, -0.2) is 13.6 Å². The van der Waals surface area contributed by atoms with Crippen LogP contribution in [0.3, 0.4) is 0 Å². The molecule has 0 aliphatic carbocycles. The molecule has 1 unspecified atom stereocenters. The number of piperidine rings is 1. The molecule has 1 aromatic carbocycles. The number of benzene rings is 1. The molecular formula is C19H24F2N4O. The Hall–Kier alpha value is -2.44. The summed E-state index contributed by atoms with van der Waals surface area (Å²) in [6.45, 7) is 5.15. The first-order valence-corrected chi connectivity index (χ1v) is 8.89. The second-order valence-electron chi connectivity index (χ2n) is 6.82. The van der Waals surface area contributed by atoms with Crippen molar-refractivity contribution in [3.8, 4) is 0 Å². The highest BCUT2D eigenvalue weighted by atomic mass is 19.1. The number of nitrogens with one attached hydrogen (secondary N) is 2. The normalized spacial score (nSPS) is 16.5. The van der Waals surface area contributed by atoms with E-state index >= 15 is 0 Å². The van der Waals surface area contributed by atoms with Crippen LogP contribution in [-0.2, 0) is 6.54 Å². The van der Waals surface area contributed by atoms with Crippen molar-refractivity contribution < 1.29 is 13.6 Å². The molecule has 2 aromatic rings. The predicted octanol–water partition coefficient (Wildman–Crippen LogP) is 3.80. The summed E-state index contributed by atoms with van der Waals surface area (Å²) < 4.78 is 28.4. The molecule has 2 heterocycles. The molecule has 5 nitrogen and oxygen atoms in total. The summed E-state index contributed by atoms with van der Waals surface area (Å²) in [6.07, 6.45) is -0.294. The van der Waals surface area contributed by atoms with Crippen molar-refractivity contribution in [1.82, 2.24) is 20.4 Å². The highest BCUT2D eigenvalue weighted by molar-refractivity contribution is 5.74. The number of nitrogens with zero attached hydrogens (tertiary/aromatic N) is 2. The minimum atomic E-state index is -1.34. The third-order valence-electron chi connectivity index (χ3n) is 5.14. The SMILES string of the molecule is Cc1n[nH]c(C)c1CNC(=O)N1CCC(C(F)c2ccccc2F)CC1. The van der Waals surface area contributed by atoms with E-state index in [1.54, 1.807) is 17.0 Å². The number of hydrogen-bond acceptors (Lipinski definition) is 2. The Morgan fingerprint density at radius 3 is 2.65 bits per heavy atom. The van der Waals surface area contributed by atoms with Gasteiger partial charge in [-0.2, -0.15) is 5.10 Å². The number of aromatic amines is 1. The molecule has 1 saturated heterocycles. The molecule has 1 atom stereocenters. The maximum atomic E-state index is 14.7. The van der Waals surface area contributed by atoms with E-state index in [9.17, 15) is 13.6 Å². The second kappa shape index (κ2) is 7.85. The molecule has 1 aliphatic heterocycles. The Balaban J connectivity index is 1.52. The van der Waals surface area contributed by atoms with Crippen molar-refractivity contribution in [3.05, 3.63) is 52.6 Å².